The predicted octanol–water partition coefficient (Wildman–Crippen LogP) is 5.22. The van der Waals surface area contributed by atoms with Crippen molar-refractivity contribution in [3.8, 4) is 17.2 Å². The fraction of sp³-hybridized carbons (Fsp3) is 0.250. The molecule has 0 saturated heterocycles. The van der Waals surface area contributed by atoms with E-state index in [1.165, 1.54) is 0 Å². The van der Waals surface area contributed by atoms with Crippen LogP contribution in [0.15, 0.2) is 61.2 Å². The van der Waals surface area contributed by atoms with E-state index in [4.69, 9.17) is 14.2 Å². The first-order valence-corrected chi connectivity index (χ1v) is 9.26. The first-order valence-electron chi connectivity index (χ1n) is 9.26. The zero-order valence-corrected chi connectivity index (χ0v) is 16.6. The van der Waals surface area contributed by atoms with Gasteiger partial charge in [0, 0.05) is 22.4 Å². The van der Waals surface area contributed by atoms with Crippen molar-refractivity contribution >= 4 is 10.8 Å². The molecule has 0 aromatic heterocycles. The first kappa shape index (κ1) is 19.8. The molecule has 1 unspecified atom stereocenters. The third kappa shape index (κ3) is 3.97. The molecule has 0 amide bonds. The fourth-order valence-corrected chi connectivity index (χ4v) is 3.38. The Hall–Kier alpha value is -2.98. The summed E-state index contributed by atoms with van der Waals surface area (Å²) >= 11 is 0. The molecule has 4 heteroatoms. The Labute approximate surface area is 166 Å². The van der Waals surface area contributed by atoms with Gasteiger partial charge in [-0.1, -0.05) is 36.4 Å². The lowest BCUT2D eigenvalue weighted by Gasteiger charge is -2.21. The molecular formula is C24H26O4. The first-order chi connectivity index (χ1) is 13.6. The Bertz CT molecular complexity index is 961. The van der Waals surface area contributed by atoms with E-state index in [0.29, 0.717) is 30.3 Å². The molecule has 0 spiro atoms. The summed E-state index contributed by atoms with van der Waals surface area (Å²) < 4.78 is 17.3. The van der Waals surface area contributed by atoms with Crippen LogP contribution in [0.25, 0.3) is 10.8 Å². The summed E-state index contributed by atoms with van der Waals surface area (Å²) in [5.41, 5.74) is 2.79. The van der Waals surface area contributed by atoms with Crippen LogP contribution in [0.4, 0.5) is 0 Å². The van der Waals surface area contributed by atoms with Crippen LogP contribution in [0.5, 0.6) is 17.2 Å². The number of aliphatic hydroxyl groups is 1. The zero-order chi connectivity index (χ0) is 20.1. The Morgan fingerprint density at radius 1 is 1.04 bits per heavy atom. The maximum atomic E-state index is 10.4. The van der Waals surface area contributed by atoms with Crippen LogP contribution in [-0.2, 0) is 13.0 Å². The van der Waals surface area contributed by atoms with Gasteiger partial charge in [-0.05, 0) is 36.6 Å². The van der Waals surface area contributed by atoms with Gasteiger partial charge < -0.3 is 19.3 Å². The second kappa shape index (κ2) is 8.81. The quantitative estimate of drug-likeness (QED) is 0.546. The predicted molar refractivity (Wildman–Crippen MR) is 112 cm³/mol. The highest BCUT2D eigenvalue weighted by Gasteiger charge is 2.20. The SMILES string of the molecule is C=CCc1c(C(C)O)cc2c(OC)cc(OC)cc2c1OCc1ccccc1. The largest absolute Gasteiger partial charge is 0.497 e. The van der Waals surface area contributed by atoms with E-state index >= 15 is 0 Å². The highest BCUT2D eigenvalue weighted by molar-refractivity contribution is 5.96. The van der Waals surface area contributed by atoms with Gasteiger partial charge in [-0.2, -0.15) is 0 Å². The number of rotatable bonds is 8. The summed E-state index contributed by atoms with van der Waals surface area (Å²) in [4.78, 5) is 0. The smallest absolute Gasteiger partial charge is 0.131 e. The van der Waals surface area contributed by atoms with E-state index in [-0.39, 0.29) is 0 Å². The molecule has 3 aromatic carbocycles. The molecule has 1 N–H and O–H groups in total. The van der Waals surface area contributed by atoms with Crippen LogP contribution in [0.3, 0.4) is 0 Å². The molecule has 0 aliphatic rings. The molecule has 0 radical (unpaired) electrons. The van der Waals surface area contributed by atoms with Gasteiger partial charge in [0.25, 0.3) is 0 Å². The lowest BCUT2D eigenvalue weighted by Crippen LogP contribution is -2.05. The third-order valence-electron chi connectivity index (χ3n) is 4.76. The number of methoxy groups -OCH3 is 2. The van der Waals surface area contributed by atoms with E-state index in [0.717, 1.165) is 27.5 Å². The molecule has 0 heterocycles. The van der Waals surface area contributed by atoms with E-state index in [9.17, 15) is 5.11 Å². The Morgan fingerprint density at radius 3 is 2.39 bits per heavy atom. The van der Waals surface area contributed by atoms with E-state index in [2.05, 4.69) is 6.58 Å². The maximum Gasteiger partial charge on any atom is 0.131 e. The summed E-state index contributed by atoms with van der Waals surface area (Å²) in [6, 6.07) is 15.7. The van der Waals surface area contributed by atoms with E-state index in [1.807, 2.05) is 54.6 Å². The van der Waals surface area contributed by atoms with Gasteiger partial charge in [0.15, 0.2) is 0 Å². The molecule has 1 atom stereocenters. The minimum atomic E-state index is -0.648. The van der Waals surface area contributed by atoms with Gasteiger partial charge in [-0.25, -0.2) is 0 Å². The Balaban J connectivity index is 2.25. The third-order valence-corrected chi connectivity index (χ3v) is 4.76. The number of aliphatic hydroxyl groups excluding tert-OH is 1. The van der Waals surface area contributed by atoms with Crippen LogP contribution < -0.4 is 14.2 Å². The van der Waals surface area contributed by atoms with Gasteiger partial charge in [0.1, 0.15) is 23.9 Å². The number of ether oxygens (including phenoxy) is 3. The van der Waals surface area contributed by atoms with Gasteiger partial charge in [0.05, 0.1) is 20.3 Å². The molecule has 4 nitrogen and oxygen atoms in total. The molecule has 146 valence electrons. The molecule has 3 aromatic rings. The summed E-state index contributed by atoms with van der Waals surface area (Å²) in [5, 5.41) is 12.2. The van der Waals surface area contributed by atoms with Crippen LogP contribution in [-0.4, -0.2) is 19.3 Å². The monoisotopic (exact) mass is 378 g/mol. The number of allylic oxidation sites excluding steroid dienone is 1. The summed E-state index contributed by atoms with van der Waals surface area (Å²) in [5.74, 6) is 2.07. The average molecular weight is 378 g/mol. The van der Waals surface area contributed by atoms with Crippen LogP contribution >= 0.6 is 0 Å². The second-order valence-corrected chi connectivity index (χ2v) is 6.64. The minimum absolute atomic E-state index is 0.420. The number of hydrogen-bond donors (Lipinski definition) is 1. The van der Waals surface area contributed by atoms with Crippen molar-refractivity contribution in [3.05, 3.63) is 77.9 Å². The summed E-state index contributed by atoms with van der Waals surface area (Å²) in [6.45, 7) is 6.05. The maximum absolute atomic E-state index is 10.4. The number of fused-ring (bicyclic) bond motifs is 1. The molecule has 0 bridgehead atoms. The van der Waals surface area contributed by atoms with Crippen molar-refractivity contribution < 1.29 is 19.3 Å². The molecule has 0 saturated carbocycles. The van der Waals surface area contributed by atoms with Gasteiger partial charge in [0.2, 0.25) is 0 Å². The topological polar surface area (TPSA) is 47.9 Å². The zero-order valence-electron chi connectivity index (χ0n) is 16.6. The van der Waals surface area contributed by atoms with E-state index in [1.54, 1.807) is 21.1 Å². The standard InChI is InChI=1S/C24H26O4/c1-5-9-19-20(16(2)25)14-21-22(12-18(26-3)13-23(21)27-4)24(19)28-15-17-10-7-6-8-11-17/h5-8,10-14,16,25H,1,9,15H2,2-4H3. The highest BCUT2D eigenvalue weighted by atomic mass is 16.5. The van der Waals surface area contributed by atoms with Crippen molar-refractivity contribution in [2.24, 2.45) is 0 Å². The van der Waals surface area contributed by atoms with Gasteiger partial charge >= 0.3 is 0 Å². The Morgan fingerprint density at radius 2 is 1.79 bits per heavy atom. The molecule has 0 aliphatic carbocycles. The van der Waals surface area contributed by atoms with Gasteiger partial charge in [-0.3, -0.25) is 0 Å². The van der Waals surface area contributed by atoms with Crippen LogP contribution in [0, 0.1) is 0 Å². The highest BCUT2D eigenvalue weighted by Crippen LogP contribution is 2.42. The minimum Gasteiger partial charge on any atom is -0.497 e. The lowest BCUT2D eigenvalue weighted by molar-refractivity contribution is 0.197. The Kier molecular flexibility index (Phi) is 6.22. The second-order valence-electron chi connectivity index (χ2n) is 6.64. The van der Waals surface area contributed by atoms with Crippen molar-refractivity contribution in [2.75, 3.05) is 14.2 Å². The van der Waals surface area contributed by atoms with Crippen molar-refractivity contribution in [1.29, 1.82) is 0 Å². The molecular weight excluding hydrogens is 352 g/mol. The van der Waals surface area contributed by atoms with Crippen LogP contribution in [0.2, 0.25) is 0 Å². The van der Waals surface area contributed by atoms with E-state index < -0.39 is 6.10 Å². The summed E-state index contributed by atoms with van der Waals surface area (Å²) in [6.07, 6.45) is 1.75. The molecule has 0 fully saturated rings. The van der Waals surface area contributed by atoms with Crippen LogP contribution in [0.1, 0.15) is 29.7 Å². The summed E-state index contributed by atoms with van der Waals surface area (Å²) in [7, 11) is 3.25. The van der Waals surface area contributed by atoms with Crippen molar-refractivity contribution in [1.82, 2.24) is 0 Å². The van der Waals surface area contributed by atoms with Crippen molar-refractivity contribution in [3.63, 3.8) is 0 Å². The molecule has 28 heavy (non-hydrogen) atoms. The van der Waals surface area contributed by atoms with Gasteiger partial charge in [-0.15, -0.1) is 6.58 Å². The number of benzene rings is 3. The molecule has 0 aliphatic heterocycles. The normalized spacial score (nSPS) is 11.9. The lowest BCUT2D eigenvalue weighted by atomic mass is 9.93. The number of hydrogen-bond acceptors (Lipinski definition) is 4. The van der Waals surface area contributed by atoms with Crippen molar-refractivity contribution in [2.45, 2.75) is 26.1 Å². The fourth-order valence-electron chi connectivity index (χ4n) is 3.38. The average Bonchev–Trinajstić information content (AvgIpc) is 2.72. The molecule has 3 rings (SSSR count).